The minimum Gasteiger partial charge on any atom is -0.444 e. The monoisotopic (exact) mass is 1110 g/mol. The lowest BCUT2D eigenvalue weighted by molar-refractivity contribution is -0.309. The number of aliphatic hydroxyl groups excluding tert-OH is 4. The van der Waals surface area contributed by atoms with Crippen LogP contribution in [-0.2, 0) is 47.4 Å². The SMILES string of the molecule is CC(C)(C)CC(C)(C)C(=O)NCC1OC(OC2C(NC(=O)OC(C)(C)C)CC3C(OCOC(CNC(=O)OC(C)(C)C)C(O)CC(NC(=O)OC(C)(C)C)N3C(=O)OC(C)(C)C)C2O)C(O)C(NC(=O)OC(C)(C)C)C1O. The van der Waals surface area contributed by atoms with Crippen molar-refractivity contribution in [3.8, 4) is 0 Å². The van der Waals surface area contributed by atoms with Crippen molar-refractivity contribution in [1.29, 1.82) is 0 Å². The average Bonchev–Trinajstić information content (AvgIpc) is 3.18. The van der Waals surface area contributed by atoms with E-state index in [4.69, 9.17) is 42.6 Å². The van der Waals surface area contributed by atoms with E-state index in [0.29, 0.717) is 6.42 Å². The first kappa shape index (κ1) is 66.8. The van der Waals surface area contributed by atoms with E-state index in [9.17, 15) is 49.2 Å². The summed E-state index contributed by atoms with van der Waals surface area (Å²) in [6, 6.07) is -4.45. The fourth-order valence-electron chi connectivity index (χ4n) is 9.15. The number of fused-ring (bicyclic) bond motifs is 1. The van der Waals surface area contributed by atoms with E-state index in [2.05, 4.69) is 26.6 Å². The highest BCUT2D eigenvalue weighted by atomic mass is 16.7. The number of hydrogen-bond acceptors (Lipinski definition) is 19. The van der Waals surface area contributed by atoms with Crippen molar-refractivity contribution in [2.45, 2.75) is 265 Å². The summed E-state index contributed by atoms with van der Waals surface area (Å²) in [5.74, 6) is -0.390. The van der Waals surface area contributed by atoms with Crippen LogP contribution >= 0.6 is 0 Å². The molecule has 1 saturated carbocycles. The fraction of sp³-hybridized carbons (Fsp3) is 0.885. The zero-order valence-electron chi connectivity index (χ0n) is 49.1. The number of aliphatic hydroxyl groups is 4. The highest BCUT2D eigenvalue weighted by molar-refractivity contribution is 5.82. The minimum atomic E-state index is -1.97. The molecule has 77 heavy (non-hydrogen) atoms. The van der Waals surface area contributed by atoms with Crippen LogP contribution < -0.4 is 26.6 Å². The van der Waals surface area contributed by atoms with E-state index < -0.39 is 169 Å². The maximum atomic E-state index is 14.8. The molecule has 2 heterocycles. The number of nitrogens with zero attached hydrogens (tertiary/aromatic N) is 1. The van der Waals surface area contributed by atoms with Gasteiger partial charge in [0, 0.05) is 24.9 Å². The number of hydrogen-bond donors (Lipinski definition) is 9. The van der Waals surface area contributed by atoms with Crippen LogP contribution in [0.25, 0.3) is 0 Å². The number of carbonyl (C=O) groups is 6. The highest BCUT2D eigenvalue weighted by Crippen LogP contribution is 2.37. The molecule has 2 aliphatic heterocycles. The second-order valence-electron chi connectivity index (χ2n) is 26.9. The molecule has 0 aromatic heterocycles. The molecular formula is C52H94N6O19. The van der Waals surface area contributed by atoms with E-state index in [1.165, 1.54) is 0 Å². The van der Waals surface area contributed by atoms with Crippen molar-refractivity contribution in [3.05, 3.63) is 0 Å². The van der Waals surface area contributed by atoms with E-state index >= 15 is 0 Å². The normalized spacial score (nSPS) is 29.1. The average molecular weight is 1110 g/mol. The van der Waals surface area contributed by atoms with Gasteiger partial charge in [-0.15, -0.1) is 0 Å². The zero-order chi connectivity index (χ0) is 59.2. The summed E-state index contributed by atoms with van der Waals surface area (Å²) in [6.07, 6.45) is -22.1. The van der Waals surface area contributed by atoms with Crippen LogP contribution in [0.15, 0.2) is 0 Å². The summed E-state index contributed by atoms with van der Waals surface area (Å²) >= 11 is 0. The van der Waals surface area contributed by atoms with E-state index in [0.717, 1.165) is 4.90 Å². The van der Waals surface area contributed by atoms with Crippen molar-refractivity contribution in [3.63, 3.8) is 0 Å². The number of rotatable bonds is 11. The number of ether oxygens (including phenoxy) is 9. The largest absolute Gasteiger partial charge is 0.444 e. The molecule has 25 nitrogen and oxygen atoms in total. The molecular weight excluding hydrogens is 1010 g/mol. The van der Waals surface area contributed by atoms with Gasteiger partial charge >= 0.3 is 30.5 Å². The van der Waals surface area contributed by atoms with Gasteiger partial charge in [0.1, 0.15) is 83.7 Å². The molecule has 0 aromatic rings. The third kappa shape index (κ3) is 22.3. The van der Waals surface area contributed by atoms with Crippen molar-refractivity contribution in [2.75, 3.05) is 19.9 Å². The predicted octanol–water partition coefficient (Wildman–Crippen LogP) is 4.42. The molecule has 6 amide bonds. The number of carbonyl (C=O) groups excluding carboxylic acids is 6. The number of amides is 6. The molecule has 0 radical (unpaired) electrons. The summed E-state index contributed by atoms with van der Waals surface area (Å²) in [5.41, 5.74) is -6.37. The molecule has 446 valence electrons. The Balaban J connectivity index is 2.27. The maximum absolute atomic E-state index is 14.8. The summed E-state index contributed by atoms with van der Waals surface area (Å²) < 4.78 is 53.1. The van der Waals surface area contributed by atoms with Crippen molar-refractivity contribution in [2.24, 2.45) is 10.8 Å². The molecule has 1 aliphatic carbocycles. The Kier molecular flexibility index (Phi) is 22.3. The first-order valence-electron chi connectivity index (χ1n) is 26.3. The summed E-state index contributed by atoms with van der Waals surface area (Å²) in [6.45, 7) is 32.2. The maximum Gasteiger partial charge on any atom is 0.412 e. The molecule has 0 aromatic carbocycles. The Morgan fingerprint density at radius 3 is 1.53 bits per heavy atom. The van der Waals surface area contributed by atoms with Gasteiger partial charge in [-0.3, -0.25) is 9.69 Å². The van der Waals surface area contributed by atoms with Crippen LogP contribution in [0.5, 0.6) is 0 Å². The van der Waals surface area contributed by atoms with Gasteiger partial charge < -0.3 is 89.6 Å². The molecule has 0 bridgehead atoms. The third-order valence-corrected chi connectivity index (χ3v) is 11.6. The summed E-state index contributed by atoms with van der Waals surface area (Å²) in [7, 11) is 0. The Morgan fingerprint density at radius 1 is 0.545 bits per heavy atom. The van der Waals surface area contributed by atoms with Gasteiger partial charge in [0.2, 0.25) is 5.91 Å². The van der Waals surface area contributed by atoms with Gasteiger partial charge in [-0.2, -0.15) is 0 Å². The first-order valence-corrected chi connectivity index (χ1v) is 26.3. The van der Waals surface area contributed by atoms with Crippen molar-refractivity contribution >= 4 is 36.4 Å². The topological polar surface area (TPSA) is 330 Å². The molecule has 13 atom stereocenters. The molecule has 3 aliphatic rings. The molecule has 3 fully saturated rings. The lowest BCUT2D eigenvalue weighted by atomic mass is 9.75. The lowest BCUT2D eigenvalue weighted by Gasteiger charge is -2.51. The highest BCUT2D eigenvalue weighted by Gasteiger charge is 2.56. The zero-order valence-corrected chi connectivity index (χ0v) is 49.1. The van der Waals surface area contributed by atoms with Gasteiger partial charge in [0.15, 0.2) is 6.29 Å². The molecule has 9 N–H and O–H groups in total. The Hall–Kier alpha value is -4.50. The smallest absolute Gasteiger partial charge is 0.412 e. The van der Waals surface area contributed by atoms with Crippen LogP contribution in [0, 0.1) is 10.8 Å². The van der Waals surface area contributed by atoms with Crippen LogP contribution in [0.3, 0.4) is 0 Å². The quantitative estimate of drug-likeness (QED) is 0.129. The first-order chi connectivity index (χ1) is 34.7. The fourth-order valence-corrected chi connectivity index (χ4v) is 9.15. The van der Waals surface area contributed by atoms with E-state index in [1.807, 2.05) is 20.8 Å². The number of nitrogens with one attached hydrogen (secondary N) is 5. The Morgan fingerprint density at radius 2 is 1.03 bits per heavy atom. The summed E-state index contributed by atoms with van der Waals surface area (Å²) in [4.78, 5) is 83.3. The second kappa shape index (κ2) is 25.7. The van der Waals surface area contributed by atoms with Crippen LogP contribution in [0.1, 0.15) is 158 Å². The minimum absolute atomic E-state index is 0.247. The Bertz CT molecular complexity index is 2000. The van der Waals surface area contributed by atoms with Crippen LogP contribution in [0.4, 0.5) is 24.0 Å². The predicted molar refractivity (Wildman–Crippen MR) is 278 cm³/mol. The van der Waals surface area contributed by atoms with Gasteiger partial charge in [-0.25, -0.2) is 24.0 Å². The molecule has 25 heteroatoms. The van der Waals surface area contributed by atoms with Crippen molar-refractivity contribution in [1.82, 2.24) is 31.5 Å². The second-order valence-corrected chi connectivity index (χ2v) is 26.9. The molecule has 3 rings (SSSR count). The van der Waals surface area contributed by atoms with Crippen LogP contribution in [-0.4, -0.2) is 189 Å². The van der Waals surface area contributed by atoms with Gasteiger partial charge in [-0.05, 0) is 122 Å². The summed E-state index contributed by atoms with van der Waals surface area (Å²) in [5, 5.41) is 61.8. The van der Waals surface area contributed by atoms with Gasteiger partial charge in [-0.1, -0.05) is 34.6 Å². The molecule has 2 saturated heterocycles. The van der Waals surface area contributed by atoms with Crippen LogP contribution in [0.2, 0.25) is 0 Å². The lowest BCUT2D eigenvalue weighted by Crippen LogP contribution is -2.72. The Labute approximate surface area is 454 Å². The standard InChI is InChI=1S/C52H94N6O19/c1-46(2,3)25-52(19,20)40(63)53-24-31-34(60)33(57-44(67)76-50(13,14)15)35(61)39(71-31)72-37-27(55-42(65)74-48(7,8)9)21-28-38(36(37)62)70-26-69-30(23-54-41(64)73-47(4,5)6)29(59)22-32(56-43(66)75-49(10,11)12)58(28)45(68)77-51(16,17)18/h27-39,59-62H,21-26H2,1-20H3,(H,53,63)(H,54,64)(H,55,65)(H,56,66)(H,57,67). The van der Waals surface area contributed by atoms with Crippen molar-refractivity contribution < 1.29 is 91.8 Å². The van der Waals surface area contributed by atoms with Gasteiger partial charge in [0.25, 0.3) is 0 Å². The van der Waals surface area contributed by atoms with E-state index in [1.54, 1.807) is 118 Å². The van der Waals surface area contributed by atoms with Gasteiger partial charge in [0.05, 0.1) is 24.2 Å². The molecule has 0 spiro atoms. The third-order valence-electron chi connectivity index (χ3n) is 11.6. The van der Waals surface area contributed by atoms with E-state index in [-0.39, 0.29) is 18.5 Å². The number of alkyl carbamates (subject to hydrolysis) is 4. The molecule has 13 unspecified atom stereocenters.